The van der Waals surface area contributed by atoms with Crippen molar-refractivity contribution in [2.45, 2.75) is 29.9 Å². The lowest BCUT2D eigenvalue weighted by Crippen LogP contribution is -2.48. The normalized spacial score (nSPS) is 19.9. The lowest BCUT2D eigenvalue weighted by atomic mass is 10.1. The van der Waals surface area contributed by atoms with Crippen LogP contribution in [-0.2, 0) is 0 Å². The number of rotatable bonds is 4. The van der Waals surface area contributed by atoms with Crippen molar-refractivity contribution in [1.82, 2.24) is 5.43 Å². The van der Waals surface area contributed by atoms with E-state index in [0.29, 0.717) is 6.42 Å². The number of nitrogens with one attached hydrogen (secondary N) is 1. The van der Waals surface area contributed by atoms with Gasteiger partial charge < -0.3 is 4.74 Å². The Balaban J connectivity index is 2.03. The predicted molar refractivity (Wildman–Crippen MR) is 70.8 cm³/mol. The Morgan fingerprint density at radius 1 is 1.59 bits per heavy atom. The molecule has 0 aromatic heterocycles. The number of para-hydroxylation sites is 1. The van der Waals surface area contributed by atoms with E-state index < -0.39 is 0 Å². The minimum absolute atomic E-state index is 0.0771. The van der Waals surface area contributed by atoms with Gasteiger partial charge >= 0.3 is 0 Å². The maximum atomic E-state index is 5.95. The number of terminal acetylenes is 1. The summed E-state index contributed by atoms with van der Waals surface area (Å²) in [6, 6.07) is 8.17. The molecule has 0 amide bonds. The second-order valence-electron chi connectivity index (χ2n) is 3.93. The van der Waals surface area contributed by atoms with Crippen molar-refractivity contribution in [2.24, 2.45) is 5.84 Å². The zero-order valence-corrected chi connectivity index (χ0v) is 10.4. The largest absolute Gasteiger partial charge is 0.487 e. The third kappa shape index (κ3) is 2.95. The van der Waals surface area contributed by atoms with Crippen LogP contribution in [-0.4, -0.2) is 17.9 Å². The zero-order valence-electron chi connectivity index (χ0n) is 9.56. The lowest BCUT2D eigenvalue weighted by Gasteiger charge is -2.31. The Labute approximate surface area is 106 Å². The van der Waals surface area contributed by atoms with Crippen LogP contribution in [0.2, 0.25) is 0 Å². The number of thioether (sulfide) groups is 1. The fourth-order valence-electron chi connectivity index (χ4n) is 1.85. The predicted octanol–water partition coefficient (Wildman–Crippen LogP) is 1.79. The van der Waals surface area contributed by atoms with Gasteiger partial charge in [-0.25, -0.2) is 0 Å². The van der Waals surface area contributed by atoms with Crippen molar-refractivity contribution in [3.8, 4) is 18.1 Å². The van der Waals surface area contributed by atoms with Crippen LogP contribution >= 0.6 is 11.8 Å². The van der Waals surface area contributed by atoms with E-state index in [1.165, 1.54) is 4.90 Å². The molecule has 1 aliphatic heterocycles. The van der Waals surface area contributed by atoms with Crippen LogP contribution in [0.4, 0.5) is 0 Å². The van der Waals surface area contributed by atoms with Gasteiger partial charge in [-0.1, -0.05) is 12.1 Å². The summed E-state index contributed by atoms with van der Waals surface area (Å²) in [6.07, 6.45) is 6.89. The summed E-state index contributed by atoms with van der Waals surface area (Å²) in [6.45, 7) is 0. The highest BCUT2D eigenvalue weighted by atomic mass is 32.2. The standard InChI is InChI=1S/C13H16N2OS/c1-2-3-6-10(15-14)12-9-17-13-8-5-4-7-11(13)16-12/h1,4-5,7-8,10,12,15H,3,6,9,14H2. The van der Waals surface area contributed by atoms with E-state index in [1.807, 2.05) is 18.2 Å². The molecule has 1 aliphatic rings. The highest BCUT2D eigenvalue weighted by Crippen LogP contribution is 2.35. The molecule has 4 heteroatoms. The summed E-state index contributed by atoms with van der Waals surface area (Å²) < 4.78 is 5.95. The van der Waals surface area contributed by atoms with Crippen LogP contribution < -0.4 is 16.0 Å². The third-order valence-electron chi connectivity index (χ3n) is 2.79. The molecule has 2 atom stereocenters. The molecule has 1 aromatic carbocycles. The van der Waals surface area contributed by atoms with E-state index >= 15 is 0 Å². The Morgan fingerprint density at radius 2 is 2.41 bits per heavy atom. The first-order chi connectivity index (χ1) is 8.35. The van der Waals surface area contributed by atoms with E-state index in [0.717, 1.165) is 17.9 Å². The van der Waals surface area contributed by atoms with Crippen molar-refractivity contribution in [3.63, 3.8) is 0 Å². The monoisotopic (exact) mass is 248 g/mol. The molecule has 17 heavy (non-hydrogen) atoms. The molecule has 0 saturated heterocycles. The summed E-state index contributed by atoms with van der Waals surface area (Å²) in [4.78, 5) is 1.19. The first kappa shape index (κ1) is 12.3. The molecular weight excluding hydrogens is 232 g/mol. The fourth-order valence-corrected chi connectivity index (χ4v) is 2.93. The first-order valence-electron chi connectivity index (χ1n) is 5.63. The minimum Gasteiger partial charge on any atom is -0.487 e. The maximum Gasteiger partial charge on any atom is 0.133 e. The van der Waals surface area contributed by atoms with Crippen molar-refractivity contribution in [2.75, 3.05) is 5.75 Å². The molecule has 0 bridgehead atoms. The number of benzene rings is 1. The topological polar surface area (TPSA) is 47.3 Å². The van der Waals surface area contributed by atoms with E-state index in [1.54, 1.807) is 11.8 Å². The molecule has 0 radical (unpaired) electrons. The summed E-state index contributed by atoms with van der Waals surface area (Å²) in [5.74, 6) is 10.0. The Kier molecular flexibility index (Phi) is 4.32. The van der Waals surface area contributed by atoms with Crippen LogP contribution in [0.5, 0.6) is 5.75 Å². The first-order valence-corrected chi connectivity index (χ1v) is 6.61. The van der Waals surface area contributed by atoms with E-state index in [4.69, 9.17) is 17.0 Å². The van der Waals surface area contributed by atoms with Gasteiger partial charge in [0.15, 0.2) is 0 Å². The molecule has 0 spiro atoms. The van der Waals surface area contributed by atoms with Gasteiger partial charge in [-0.2, -0.15) is 0 Å². The molecular formula is C13H16N2OS. The average Bonchev–Trinajstić information content (AvgIpc) is 2.39. The summed E-state index contributed by atoms with van der Waals surface area (Å²) in [5, 5.41) is 0. The third-order valence-corrected chi connectivity index (χ3v) is 3.94. The van der Waals surface area contributed by atoms with Gasteiger partial charge in [-0.05, 0) is 18.6 Å². The summed E-state index contributed by atoms with van der Waals surface area (Å²) in [7, 11) is 0. The molecule has 1 aromatic rings. The summed E-state index contributed by atoms with van der Waals surface area (Å²) in [5.41, 5.74) is 2.80. The number of ether oxygens (including phenoxy) is 1. The molecule has 0 aliphatic carbocycles. The van der Waals surface area contributed by atoms with E-state index in [9.17, 15) is 0 Å². The highest BCUT2D eigenvalue weighted by Gasteiger charge is 2.26. The van der Waals surface area contributed by atoms with Gasteiger partial charge in [0.25, 0.3) is 0 Å². The lowest BCUT2D eigenvalue weighted by molar-refractivity contribution is 0.162. The van der Waals surface area contributed by atoms with Gasteiger partial charge in [-0.3, -0.25) is 11.3 Å². The zero-order chi connectivity index (χ0) is 12.1. The number of nitrogens with two attached hydrogens (primary N) is 1. The molecule has 0 fully saturated rings. The van der Waals surface area contributed by atoms with Crippen molar-refractivity contribution >= 4 is 11.8 Å². The molecule has 1 heterocycles. The van der Waals surface area contributed by atoms with Crippen LogP contribution in [0.1, 0.15) is 12.8 Å². The van der Waals surface area contributed by atoms with Gasteiger partial charge in [0.2, 0.25) is 0 Å². The van der Waals surface area contributed by atoms with Crippen LogP contribution in [0, 0.1) is 12.3 Å². The SMILES string of the molecule is C#CCCC(NN)C1CSc2ccccc2O1. The van der Waals surface area contributed by atoms with Crippen LogP contribution in [0.25, 0.3) is 0 Å². The Bertz CT molecular complexity index is 416. The minimum atomic E-state index is 0.0771. The molecule has 2 rings (SSSR count). The molecule has 0 saturated carbocycles. The van der Waals surface area contributed by atoms with Gasteiger partial charge in [0.1, 0.15) is 11.9 Å². The summed E-state index contributed by atoms with van der Waals surface area (Å²) >= 11 is 1.80. The van der Waals surface area contributed by atoms with Crippen LogP contribution in [0.3, 0.4) is 0 Å². The Hall–Kier alpha value is -1.15. The van der Waals surface area contributed by atoms with Gasteiger partial charge in [0.05, 0.1) is 6.04 Å². The second-order valence-corrected chi connectivity index (χ2v) is 4.99. The molecule has 90 valence electrons. The van der Waals surface area contributed by atoms with Crippen LogP contribution in [0.15, 0.2) is 29.2 Å². The van der Waals surface area contributed by atoms with Crippen molar-refractivity contribution < 1.29 is 4.74 Å². The smallest absolute Gasteiger partial charge is 0.133 e. The van der Waals surface area contributed by atoms with Crippen molar-refractivity contribution in [3.05, 3.63) is 24.3 Å². The number of hydrazine groups is 1. The second kappa shape index (κ2) is 5.97. The maximum absolute atomic E-state index is 5.95. The number of fused-ring (bicyclic) bond motifs is 1. The van der Waals surface area contributed by atoms with E-state index in [-0.39, 0.29) is 12.1 Å². The average molecular weight is 248 g/mol. The quantitative estimate of drug-likeness (QED) is 0.484. The Morgan fingerprint density at radius 3 is 3.18 bits per heavy atom. The molecule has 3 nitrogen and oxygen atoms in total. The molecule has 3 N–H and O–H groups in total. The number of hydrogen-bond donors (Lipinski definition) is 2. The van der Waals surface area contributed by atoms with Gasteiger partial charge in [0, 0.05) is 17.1 Å². The number of hydrogen-bond acceptors (Lipinski definition) is 4. The van der Waals surface area contributed by atoms with Crippen molar-refractivity contribution in [1.29, 1.82) is 0 Å². The fraction of sp³-hybridized carbons (Fsp3) is 0.385. The highest BCUT2D eigenvalue weighted by molar-refractivity contribution is 7.99. The van der Waals surface area contributed by atoms with E-state index in [2.05, 4.69) is 17.4 Å². The molecule has 2 unspecified atom stereocenters. The van der Waals surface area contributed by atoms with Gasteiger partial charge in [-0.15, -0.1) is 24.1 Å².